The van der Waals surface area contributed by atoms with E-state index in [9.17, 15) is 0 Å². The van der Waals surface area contributed by atoms with E-state index in [2.05, 4.69) is 38.8 Å². The topological polar surface area (TPSA) is 67.8 Å². The van der Waals surface area contributed by atoms with Gasteiger partial charge < -0.3 is 10.1 Å². The lowest BCUT2D eigenvalue weighted by molar-refractivity contribution is 0.110. The van der Waals surface area contributed by atoms with Crippen molar-refractivity contribution in [2.45, 2.75) is 26.1 Å². The lowest BCUT2D eigenvalue weighted by atomic mass is 10.0. The number of aromatic nitrogens is 4. The summed E-state index contributed by atoms with van der Waals surface area (Å²) in [5, 5.41) is 15.1. The molecule has 0 fully saturated rings. The number of aryl methyl sites for hydroxylation is 1. The van der Waals surface area contributed by atoms with Crippen LogP contribution in [-0.4, -0.2) is 26.6 Å². The molecule has 24 heavy (non-hydrogen) atoms. The van der Waals surface area contributed by atoms with Gasteiger partial charge in [-0.1, -0.05) is 18.2 Å². The summed E-state index contributed by atoms with van der Waals surface area (Å²) < 4.78 is 7.33. The van der Waals surface area contributed by atoms with Crippen molar-refractivity contribution in [2.75, 3.05) is 6.61 Å². The molecule has 0 unspecified atom stereocenters. The molecular formula is C18H21N5O. The Kier molecular flexibility index (Phi) is 4.15. The van der Waals surface area contributed by atoms with Gasteiger partial charge in [0.05, 0.1) is 25.1 Å². The van der Waals surface area contributed by atoms with Gasteiger partial charge in [-0.15, -0.1) is 0 Å². The van der Waals surface area contributed by atoms with Crippen LogP contribution in [-0.2, 0) is 37.9 Å². The zero-order valence-corrected chi connectivity index (χ0v) is 13.7. The van der Waals surface area contributed by atoms with Gasteiger partial charge >= 0.3 is 0 Å². The van der Waals surface area contributed by atoms with E-state index in [1.165, 1.54) is 16.7 Å². The first-order valence-corrected chi connectivity index (χ1v) is 8.21. The monoisotopic (exact) mass is 323 g/mol. The highest BCUT2D eigenvalue weighted by Gasteiger charge is 2.11. The number of aromatic amines is 1. The van der Waals surface area contributed by atoms with Crippen LogP contribution < -0.4 is 5.32 Å². The molecule has 0 bridgehead atoms. The standard InChI is InChI=1S/C18H21N5O/c1-23-6-4-17(22-23)18-16(11-20-21-18)10-19-9-13-2-3-14-5-7-24-12-15(14)8-13/h2-4,6,8,11,19H,5,7,9-10,12H2,1H3,(H,20,21). The Bertz CT molecular complexity index is 836. The smallest absolute Gasteiger partial charge is 0.110 e. The van der Waals surface area contributed by atoms with E-state index in [0.717, 1.165) is 49.7 Å². The molecule has 2 N–H and O–H groups in total. The summed E-state index contributed by atoms with van der Waals surface area (Å²) in [6, 6.07) is 8.66. The third-order valence-corrected chi connectivity index (χ3v) is 4.38. The summed E-state index contributed by atoms with van der Waals surface area (Å²) in [6.07, 6.45) is 4.81. The van der Waals surface area contributed by atoms with Gasteiger partial charge in [0.25, 0.3) is 0 Å². The molecule has 0 amide bonds. The first-order chi connectivity index (χ1) is 11.8. The Morgan fingerprint density at radius 2 is 2.21 bits per heavy atom. The van der Waals surface area contributed by atoms with Crippen molar-refractivity contribution in [3.63, 3.8) is 0 Å². The highest BCUT2D eigenvalue weighted by Crippen LogP contribution is 2.20. The second-order valence-corrected chi connectivity index (χ2v) is 6.15. The van der Waals surface area contributed by atoms with E-state index in [1.807, 2.05) is 25.5 Å². The molecule has 4 rings (SSSR count). The largest absolute Gasteiger partial charge is 0.376 e. The quantitative estimate of drug-likeness (QED) is 0.755. The molecule has 6 nitrogen and oxygen atoms in total. The Labute approximate surface area is 140 Å². The molecule has 1 aliphatic heterocycles. The van der Waals surface area contributed by atoms with E-state index in [1.54, 1.807) is 4.68 Å². The molecule has 0 radical (unpaired) electrons. The van der Waals surface area contributed by atoms with Gasteiger partial charge in [-0.2, -0.15) is 10.2 Å². The van der Waals surface area contributed by atoms with Crippen molar-refractivity contribution in [1.29, 1.82) is 0 Å². The molecule has 6 heteroatoms. The number of nitrogens with zero attached hydrogens (tertiary/aromatic N) is 3. The third-order valence-electron chi connectivity index (χ3n) is 4.38. The number of fused-ring (bicyclic) bond motifs is 1. The SMILES string of the molecule is Cn1ccc(-c2[nH]ncc2CNCc2ccc3c(c2)COCC3)n1. The minimum Gasteiger partial charge on any atom is -0.376 e. The van der Waals surface area contributed by atoms with Crippen molar-refractivity contribution < 1.29 is 4.74 Å². The van der Waals surface area contributed by atoms with Crippen LogP contribution in [0.4, 0.5) is 0 Å². The lowest BCUT2D eigenvalue weighted by Gasteiger charge is -2.17. The van der Waals surface area contributed by atoms with Crippen molar-refractivity contribution >= 4 is 0 Å². The van der Waals surface area contributed by atoms with Crippen molar-refractivity contribution in [1.82, 2.24) is 25.3 Å². The predicted molar refractivity (Wildman–Crippen MR) is 91.1 cm³/mol. The van der Waals surface area contributed by atoms with E-state index in [4.69, 9.17) is 4.74 Å². The van der Waals surface area contributed by atoms with Crippen LogP contribution in [0.15, 0.2) is 36.7 Å². The summed E-state index contributed by atoms with van der Waals surface area (Å²) in [5.74, 6) is 0. The summed E-state index contributed by atoms with van der Waals surface area (Å²) in [5.41, 5.74) is 7.02. The van der Waals surface area contributed by atoms with E-state index < -0.39 is 0 Å². The number of nitrogens with one attached hydrogen (secondary N) is 2. The fourth-order valence-corrected chi connectivity index (χ4v) is 3.09. The van der Waals surface area contributed by atoms with E-state index in [-0.39, 0.29) is 0 Å². The van der Waals surface area contributed by atoms with E-state index >= 15 is 0 Å². The molecule has 0 aliphatic carbocycles. The molecule has 1 aliphatic rings. The van der Waals surface area contributed by atoms with Crippen LogP contribution in [0.2, 0.25) is 0 Å². The van der Waals surface area contributed by atoms with Gasteiger partial charge in [0.15, 0.2) is 0 Å². The normalized spacial score (nSPS) is 13.9. The number of hydrogen-bond donors (Lipinski definition) is 2. The highest BCUT2D eigenvalue weighted by molar-refractivity contribution is 5.57. The molecule has 0 saturated carbocycles. The number of ether oxygens (including phenoxy) is 1. The molecule has 1 aromatic carbocycles. The fourth-order valence-electron chi connectivity index (χ4n) is 3.09. The van der Waals surface area contributed by atoms with E-state index in [0.29, 0.717) is 0 Å². The second-order valence-electron chi connectivity index (χ2n) is 6.15. The van der Waals surface area contributed by atoms with Crippen molar-refractivity contribution in [3.8, 4) is 11.4 Å². The molecule has 0 spiro atoms. The Balaban J connectivity index is 1.41. The maximum Gasteiger partial charge on any atom is 0.110 e. The molecule has 0 saturated heterocycles. The number of benzene rings is 1. The Morgan fingerprint density at radius 3 is 3.08 bits per heavy atom. The van der Waals surface area contributed by atoms with Crippen LogP contribution >= 0.6 is 0 Å². The van der Waals surface area contributed by atoms with Crippen molar-refractivity contribution in [3.05, 3.63) is 58.9 Å². The average Bonchev–Trinajstić information content (AvgIpc) is 3.23. The van der Waals surface area contributed by atoms with Crippen LogP contribution in [0.1, 0.15) is 22.3 Å². The average molecular weight is 323 g/mol. The highest BCUT2D eigenvalue weighted by atomic mass is 16.5. The summed E-state index contributed by atoms with van der Waals surface area (Å²) in [7, 11) is 1.91. The van der Waals surface area contributed by atoms with Crippen LogP contribution in [0.25, 0.3) is 11.4 Å². The van der Waals surface area contributed by atoms with Gasteiger partial charge in [0, 0.05) is 31.9 Å². The predicted octanol–water partition coefficient (Wildman–Crippen LogP) is 2.17. The van der Waals surface area contributed by atoms with Crippen molar-refractivity contribution in [2.24, 2.45) is 7.05 Å². The van der Waals surface area contributed by atoms with Gasteiger partial charge in [-0.3, -0.25) is 9.78 Å². The lowest BCUT2D eigenvalue weighted by Crippen LogP contribution is -2.15. The summed E-state index contributed by atoms with van der Waals surface area (Å²) in [6.45, 7) is 3.13. The van der Waals surface area contributed by atoms with Crippen LogP contribution in [0.3, 0.4) is 0 Å². The number of H-pyrrole nitrogens is 1. The minimum absolute atomic E-state index is 0.731. The minimum atomic E-state index is 0.731. The first kappa shape index (κ1) is 15.1. The molecule has 124 valence electrons. The molecular weight excluding hydrogens is 302 g/mol. The van der Waals surface area contributed by atoms with Crippen LogP contribution in [0, 0.1) is 0 Å². The molecule has 2 aromatic heterocycles. The number of hydrogen-bond acceptors (Lipinski definition) is 4. The Hall–Kier alpha value is -2.44. The third kappa shape index (κ3) is 3.11. The van der Waals surface area contributed by atoms with Gasteiger partial charge in [-0.25, -0.2) is 0 Å². The zero-order valence-electron chi connectivity index (χ0n) is 13.7. The summed E-state index contributed by atoms with van der Waals surface area (Å²) in [4.78, 5) is 0. The number of rotatable bonds is 5. The maximum atomic E-state index is 5.54. The van der Waals surface area contributed by atoms with Gasteiger partial charge in [0.1, 0.15) is 5.69 Å². The zero-order chi connectivity index (χ0) is 16.4. The van der Waals surface area contributed by atoms with Gasteiger partial charge in [-0.05, 0) is 29.2 Å². The fraction of sp³-hybridized carbons (Fsp3) is 0.333. The maximum absolute atomic E-state index is 5.54. The molecule has 0 atom stereocenters. The Morgan fingerprint density at radius 1 is 1.25 bits per heavy atom. The second kappa shape index (κ2) is 6.59. The van der Waals surface area contributed by atoms with Gasteiger partial charge in [0.2, 0.25) is 0 Å². The molecule has 3 aromatic rings. The molecule has 3 heterocycles. The van der Waals surface area contributed by atoms with Crippen LogP contribution in [0.5, 0.6) is 0 Å². The first-order valence-electron chi connectivity index (χ1n) is 8.21. The summed E-state index contributed by atoms with van der Waals surface area (Å²) >= 11 is 0.